The van der Waals surface area contributed by atoms with E-state index in [1.165, 1.54) is 0 Å². The van der Waals surface area contributed by atoms with Gasteiger partial charge in [-0.1, -0.05) is 0 Å². The molecule has 0 radical (unpaired) electrons. The van der Waals surface area contributed by atoms with E-state index >= 15 is 0 Å². The summed E-state index contributed by atoms with van der Waals surface area (Å²) < 4.78 is 6.04. The van der Waals surface area contributed by atoms with Crippen molar-refractivity contribution in [2.24, 2.45) is 0 Å². The zero-order chi connectivity index (χ0) is 11.7. The first-order chi connectivity index (χ1) is 6.86. The molecule has 6 heteroatoms. The second kappa shape index (κ2) is 4.73. The highest BCUT2D eigenvalue weighted by Crippen LogP contribution is 2.40. The van der Waals surface area contributed by atoms with Crippen LogP contribution in [-0.2, 0) is 0 Å². The molecule has 1 aromatic carbocycles. The van der Waals surface area contributed by atoms with Crippen LogP contribution in [-0.4, -0.2) is 16.4 Å². The number of halogens is 2. The van der Waals surface area contributed by atoms with Crippen LogP contribution >= 0.6 is 45.2 Å². The smallest absolute Gasteiger partial charge is 0.504 e. The molecule has 1 aromatic rings. The fourth-order valence-electron chi connectivity index (χ4n) is 1.06. The van der Waals surface area contributed by atoms with E-state index < -0.39 is 6.16 Å². The maximum atomic E-state index is 10.4. The molecule has 0 saturated heterocycles. The van der Waals surface area contributed by atoms with Crippen molar-refractivity contribution in [2.75, 3.05) is 0 Å². The van der Waals surface area contributed by atoms with E-state index in [-0.39, 0.29) is 11.5 Å². The summed E-state index contributed by atoms with van der Waals surface area (Å²) in [5.74, 6) is -0.102. The minimum absolute atomic E-state index is 0.00981. The molecule has 0 unspecified atom stereocenters. The highest BCUT2D eigenvalue weighted by Gasteiger charge is 2.19. The quantitative estimate of drug-likeness (QED) is 0.405. The molecule has 1 rings (SSSR count). The van der Waals surface area contributed by atoms with Crippen molar-refractivity contribution >= 4 is 51.3 Å². The van der Waals surface area contributed by atoms with E-state index in [1.807, 2.05) is 29.5 Å². The predicted molar refractivity (Wildman–Crippen MR) is 71.7 cm³/mol. The van der Waals surface area contributed by atoms with Gasteiger partial charge in [0, 0.05) is 3.57 Å². The van der Waals surface area contributed by atoms with Gasteiger partial charge < -0.3 is 14.9 Å². The second-order valence-electron chi connectivity index (χ2n) is 2.92. The van der Waals surface area contributed by atoms with Crippen LogP contribution in [0.15, 0.2) is 0 Å². The second-order valence-corrected chi connectivity index (χ2v) is 5.08. The minimum atomic E-state index is -1.43. The van der Waals surface area contributed by atoms with Gasteiger partial charge in [-0.2, -0.15) is 0 Å². The molecule has 15 heavy (non-hydrogen) atoms. The lowest BCUT2D eigenvalue weighted by Gasteiger charge is -2.13. The molecule has 2 N–H and O–H groups in total. The van der Waals surface area contributed by atoms with Crippen LogP contribution in [0.2, 0.25) is 0 Å². The van der Waals surface area contributed by atoms with Crippen LogP contribution in [0.3, 0.4) is 0 Å². The number of carbonyl (C=O) groups is 1. The van der Waals surface area contributed by atoms with Gasteiger partial charge in [0.15, 0.2) is 11.5 Å². The van der Waals surface area contributed by atoms with Crippen molar-refractivity contribution in [1.82, 2.24) is 0 Å². The molecule has 0 aliphatic carbocycles. The number of hydrogen-bond donors (Lipinski definition) is 2. The molecule has 0 aliphatic heterocycles. The van der Waals surface area contributed by atoms with Crippen molar-refractivity contribution in [2.45, 2.75) is 13.8 Å². The fraction of sp³-hybridized carbons (Fsp3) is 0.222. The SMILES string of the molecule is Cc1c(C)c(I)c(I)c(OC(=O)O)c1O. The van der Waals surface area contributed by atoms with Crippen molar-refractivity contribution in [3.05, 3.63) is 18.3 Å². The molecular weight excluding hydrogens is 426 g/mol. The van der Waals surface area contributed by atoms with Crippen LogP contribution < -0.4 is 4.74 Å². The molecule has 0 heterocycles. The van der Waals surface area contributed by atoms with Gasteiger partial charge in [0.2, 0.25) is 0 Å². The molecule has 0 aliphatic rings. The molecule has 0 aromatic heterocycles. The molecule has 82 valence electrons. The maximum Gasteiger partial charge on any atom is 0.511 e. The topological polar surface area (TPSA) is 66.8 Å². The summed E-state index contributed by atoms with van der Waals surface area (Å²) in [4.78, 5) is 10.4. The zero-order valence-corrected chi connectivity index (χ0v) is 12.3. The first kappa shape index (κ1) is 12.8. The summed E-state index contributed by atoms with van der Waals surface area (Å²) in [6, 6.07) is 0. The lowest BCUT2D eigenvalue weighted by Crippen LogP contribution is -2.07. The van der Waals surface area contributed by atoms with Gasteiger partial charge in [-0.3, -0.25) is 0 Å². The first-order valence-corrected chi connectivity index (χ1v) is 6.10. The predicted octanol–water partition coefficient (Wildman–Crippen LogP) is 3.28. The zero-order valence-electron chi connectivity index (χ0n) is 7.97. The Labute approximate surface area is 114 Å². The number of hydrogen-bond acceptors (Lipinski definition) is 3. The number of aromatic hydroxyl groups is 1. The lowest BCUT2D eigenvalue weighted by atomic mass is 10.1. The third-order valence-corrected chi connectivity index (χ3v) is 5.45. The summed E-state index contributed by atoms with van der Waals surface area (Å²) in [5.41, 5.74) is 1.56. The van der Waals surface area contributed by atoms with Gasteiger partial charge in [-0.25, -0.2) is 4.79 Å². The van der Waals surface area contributed by atoms with Crippen LogP contribution in [0.25, 0.3) is 0 Å². The molecule has 0 fully saturated rings. The number of phenolic OH excluding ortho intramolecular Hbond substituents is 1. The Hall–Kier alpha value is -0.250. The molecule has 0 bridgehead atoms. The van der Waals surface area contributed by atoms with Gasteiger partial charge in [-0.15, -0.1) is 0 Å². The van der Waals surface area contributed by atoms with E-state index in [2.05, 4.69) is 27.3 Å². The Bertz CT molecular complexity index is 400. The van der Waals surface area contributed by atoms with E-state index in [1.54, 1.807) is 6.92 Å². The average Bonchev–Trinajstić information content (AvgIpc) is 2.18. The Morgan fingerprint density at radius 3 is 2.20 bits per heavy atom. The average molecular weight is 434 g/mol. The molecule has 0 saturated carbocycles. The third kappa shape index (κ3) is 2.47. The van der Waals surface area contributed by atoms with Gasteiger partial charge in [0.25, 0.3) is 0 Å². The summed E-state index contributed by atoms with van der Waals surface area (Å²) >= 11 is 4.04. The van der Waals surface area contributed by atoms with Crippen molar-refractivity contribution in [3.8, 4) is 11.5 Å². The minimum Gasteiger partial charge on any atom is -0.504 e. The summed E-state index contributed by atoms with van der Waals surface area (Å²) in [6.45, 7) is 3.58. The largest absolute Gasteiger partial charge is 0.511 e. The van der Waals surface area contributed by atoms with Gasteiger partial charge in [-0.05, 0) is 70.2 Å². The lowest BCUT2D eigenvalue weighted by molar-refractivity contribution is 0.142. The Morgan fingerprint density at radius 2 is 1.73 bits per heavy atom. The van der Waals surface area contributed by atoms with Gasteiger partial charge >= 0.3 is 6.16 Å². The highest BCUT2D eigenvalue weighted by molar-refractivity contribution is 14.1. The van der Waals surface area contributed by atoms with Crippen molar-refractivity contribution < 1.29 is 19.7 Å². The number of phenols is 1. The van der Waals surface area contributed by atoms with Crippen LogP contribution in [0.5, 0.6) is 11.5 Å². The summed E-state index contributed by atoms with van der Waals surface area (Å²) in [6.07, 6.45) is -1.43. The number of rotatable bonds is 1. The van der Waals surface area contributed by atoms with E-state index in [0.29, 0.717) is 9.13 Å². The standard InChI is InChI=1S/C9H8I2O4/c1-3-4(2)7(12)8(15-9(13)14)6(11)5(3)10/h12H,1-2H3,(H,13,14). The van der Waals surface area contributed by atoms with E-state index in [4.69, 9.17) is 5.11 Å². The maximum absolute atomic E-state index is 10.4. The van der Waals surface area contributed by atoms with Crippen molar-refractivity contribution in [3.63, 3.8) is 0 Å². The van der Waals surface area contributed by atoms with Crippen LogP contribution in [0.4, 0.5) is 4.79 Å². The fourth-order valence-corrected chi connectivity index (χ4v) is 2.48. The third-order valence-electron chi connectivity index (χ3n) is 2.04. The van der Waals surface area contributed by atoms with Crippen LogP contribution in [0.1, 0.15) is 11.1 Å². The molecular formula is C9H8I2O4. The monoisotopic (exact) mass is 434 g/mol. The number of carboxylic acid groups (broad SMARTS) is 1. The van der Waals surface area contributed by atoms with Gasteiger partial charge in [0.1, 0.15) is 0 Å². The Kier molecular flexibility index (Phi) is 4.04. The Balaban J connectivity index is 3.45. The van der Waals surface area contributed by atoms with Crippen molar-refractivity contribution in [1.29, 1.82) is 0 Å². The molecule has 0 spiro atoms. The van der Waals surface area contributed by atoms with E-state index in [0.717, 1.165) is 9.13 Å². The number of ether oxygens (including phenoxy) is 1. The van der Waals surface area contributed by atoms with E-state index in [9.17, 15) is 9.90 Å². The molecule has 0 amide bonds. The molecule has 4 nitrogen and oxygen atoms in total. The Morgan fingerprint density at radius 1 is 1.20 bits per heavy atom. The van der Waals surface area contributed by atoms with Crippen LogP contribution in [0, 0.1) is 21.0 Å². The summed E-state index contributed by atoms with van der Waals surface area (Å²) in [5, 5.41) is 18.3. The normalized spacial score (nSPS) is 10.1. The summed E-state index contributed by atoms with van der Waals surface area (Å²) in [7, 11) is 0. The number of benzene rings is 1. The van der Waals surface area contributed by atoms with Gasteiger partial charge in [0.05, 0.1) is 3.57 Å². The first-order valence-electron chi connectivity index (χ1n) is 3.94. The molecule has 0 atom stereocenters. The highest BCUT2D eigenvalue weighted by atomic mass is 127.